The van der Waals surface area contributed by atoms with E-state index in [4.69, 9.17) is 10.7 Å². The second-order valence-corrected chi connectivity index (χ2v) is 9.26. The van der Waals surface area contributed by atoms with E-state index in [9.17, 15) is 13.2 Å². The molecule has 0 spiro atoms. The van der Waals surface area contributed by atoms with Gasteiger partial charge in [0.15, 0.2) is 0 Å². The summed E-state index contributed by atoms with van der Waals surface area (Å²) in [6.07, 6.45) is 3.33. The van der Waals surface area contributed by atoms with Gasteiger partial charge in [-0.1, -0.05) is 0 Å². The van der Waals surface area contributed by atoms with Crippen LogP contribution in [0.4, 0.5) is 0 Å². The van der Waals surface area contributed by atoms with Crippen molar-refractivity contribution in [3.63, 3.8) is 0 Å². The zero-order valence-corrected chi connectivity index (χ0v) is 12.5. The number of hydrogen-bond donors (Lipinski definition) is 1. The number of carbonyl (C=O) groups excluding carboxylic acids is 1. The third-order valence-corrected chi connectivity index (χ3v) is 7.11. The minimum absolute atomic E-state index is 0.0934. The quantitative estimate of drug-likeness (QED) is 0.866. The van der Waals surface area contributed by atoms with Gasteiger partial charge in [0.25, 0.3) is 9.05 Å². The molecule has 2 unspecified atom stereocenters. The molecule has 0 bridgehead atoms. The summed E-state index contributed by atoms with van der Waals surface area (Å²) in [7, 11) is 1.59. The highest BCUT2D eigenvalue weighted by Crippen LogP contribution is 2.54. The average molecular weight is 320 g/mol. The smallest absolute Gasteiger partial charge is 0.270 e. The molecule has 1 N–H and O–H groups in total. The molecule has 0 saturated heterocycles. The summed E-state index contributed by atoms with van der Waals surface area (Å²) < 4.78 is 22.4. The molecular formula is C12H14ClNO3S2. The number of halogens is 1. The van der Waals surface area contributed by atoms with Crippen molar-refractivity contribution < 1.29 is 13.2 Å². The van der Waals surface area contributed by atoms with Gasteiger partial charge in [0.2, 0.25) is 5.91 Å². The predicted octanol–water partition coefficient (Wildman–Crippen LogP) is 2.34. The summed E-state index contributed by atoms with van der Waals surface area (Å²) in [4.78, 5) is 12.7. The fourth-order valence-corrected chi connectivity index (χ4v) is 4.89. The predicted molar refractivity (Wildman–Crippen MR) is 73.5 cm³/mol. The van der Waals surface area contributed by atoms with E-state index in [0.29, 0.717) is 6.54 Å². The molecule has 19 heavy (non-hydrogen) atoms. The molecule has 2 saturated carbocycles. The number of thiophene rings is 1. The van der Waals surface area contributed by atoms with E-state index in [1.54, 1.807) is 6.07 Å². The molecule has 4 nitrogen and oxygen atoms in total. The Labute approximate surface area is 120 Å². The number of amides is 1. The Kier molecular flexibility index (Phi) is 3.35. The fourth-order valence-electron chi connectivity index (χ4n) is 2.83. The topological polar surface area (TPSA) is 63.2 Å². The monoisotopic (exact) mass is 319 g/mol. The van der Waals surface area contributed by atoms with Crippen LogP contribution in [0.1, 0.15) is 24.1 Å². The molecule has 7 heteroatoms. The van der Waals surface area contributed by atoms with Crippen LogP contribution in [-0.4, -0.2) is 14.3 Å². The Bertz CT molecular complexity index is 600. The lowest BCUT2D eigenvalue weighted by atomic mass is 10.0. The maximum absolute atomic E-state index is 11.9. The molecule has 2 aliphatic carbocycles. The van der Waals surface area contributed by atoms with Gasteiger partial charge in [0, 0.05) is 21.5 Å². The first kappa shape index (κ1) is 13.4. The molecule has 1 heterocycles. The summed E-state index contributed by atoms with van der Waals surface area (Å²) in [6, 6.07) is 3.16. The van der Waals surface area contributed by atoms with Crippen LogP contribution < -0.4 is 5.32 Å². The first-order valence-corrected chi connectivity index (χ1v) is 9.37. The normalized spacial score (nSPS) is 29.0. The summed E-state index contributed by atoms with van der Waals surface area (Å²) in [5.41, 5.74) is 0. The number of carbonyl (C=O) groups is 1. The summed E-state index contributed by atoms with van der Waals surface area (Å²) in [6.45, 7) is 0.377. The van der Waals surface area contributed by atoms with Crippen molar-refractivity contribution in [3.05, 3.63) is 17.0 Å². The first-order chi connectivity index (χ1) is 8.93. The Hall–Kier alpha value is -0.590. The molecule has 104 valence electrons. The molecule has 2 atom stereocenters. The van der Waals surface area contributed by atoms with Gasteiger partial charge in [-0.2, -0.15) is 0 Å². The van der Waals surface area contributed by atoms with E-state index in [2.05, 4.69) is 5.32 Å². The van der Waals surface area contributed by atoms with Crippen molar-refractivity contribution in [2.45, 2.75) is 30.0 Å². The fraction of sp³-hybridized carbons (Fsp3) is 0.583. The third kappa shape index (κ3) is 2.95. The van der Waals surface area contributed by atoms with Crippen LogP contribution in [0.2, 0.25) is 0 Å². The van der Waals surface area contributed by atoms with Crippen LogP contribution in [0.5, 0.6) is 0 Å². The molecule has 3 rings (SSSR count). The van der Waals surface area contributed by atoms with Crippen molar-refractivity contribution >= 4 is 37.0 Å². The van der Waals surface area contributed by atoms with Crippen LogP contribution in [0.3, 0.4) is 0 Å². The average Bonchev–Trinajstić information content (AvgIpc) is 2.82. The summed E-state index contributed by atoms with van der Waals surface area (Å²) in [5, 5.41) is 2.88. The molecule has 1 aromatic rings. The Morgan fingerprint density at radius 3 is 2.58 bits per heavy atom. The molecule has 1 aromatic heterocycles. The lowest BCUT2D eigenvalue weighted by Crippen LogP contribution is -2.29. The van der Waals surface area contributed by atoms with Gasteiger partial charge in [-0.25, -0.2) is 8.42 Å². The van der Waals surface area contributed by atoms with Crippen molar-refractivity contribution in [3.8, 4) is 0 Å². The zero-order valence-electron chi connectivity index (χ0n) is 10.1. The number of hydrogen-bond acceptors (Lipinski definition) is 4. The Morgan fingerprint density at radius 2 is 2.00 bits per heavy atom. The van der Waals surface area contributed by atoms with Gasteiger partial charge in [0.05, 0.1) is 6.54 Å². The number of nitrogens with one attached hydrogen (secondary N) is 1. The van der Waals surface area contributed by atoms with Gasteiger partial charge in [-0.15, -0.1) is 11.3 Å². The van der Waals surface area contributed by atoms with Gasteiger partial charge < -0.3 is 5.32 Å². The summed E-state index contributed by atoms with van der Waals surface area (Å²) in [5.74, 6) is 1.81. The van der Waals surface area contributed by atoms with Crippen LogP contribution in [0.15, 0.2) is 16.3 Å². The SMILES string of the molecule is O=C(NCc1ccc(S(=O)(=O)Cl)s1)C1CC2CC2C1. The van der Waals surface area contributed by atoms with E-state index in [1.807, 2.05) is 0 Å². The van der Waals surface area contributed by atoms with Crippen molar-refractivity contribution in [2.75, 3.05) is 0 Å². The highest BCUT2D eigenvalue weighted by atomic mass is 35.7. The lowest BCUT2D eigenvalue weighted by Gasteiger charge is -2.11. The minimum Gasteiger partial charge on any atom is -0.351 e. The van der Waals surface area contributed by atoms with Crippen LogP contribution in [0.25, 0.3) is 0 Å². The second kappa shape index (κ2) is 4.75. The Balaban J connectivity index is 1.54. The zero-order chi connectivity index (χ0) is 13.6. The number of fused-ring (bicyclic) bond motifs is 1. The Morgan fingerprint density at radius 1 is 1.32 bits per heavy atom. The molecule has 0 aromatic carbocycles. The first-order valence-electron chi connectivity index (χ1n) is 6.24. The van der Waals surface area contributed by atoms with E-state index in [-0.39, 0.29) is 16.0 Å². The summed E-state index contributed by atoms with van der Waals surface area (Å²) >= 11 is 1.10. The maximum atomic E-state index is 11.9. The van der Waals surface area contributed by atoms with E-state index in [1.165, 1.54) is 12.5 Å². The molecular weight excluding hydrogens is 306 g/mol. The molecule has 0 radical (unpaired) electrons. The van der Waals surface area contributed by atoms with Crippen LogP contribution in [0, 0.1) is 17.8 Å². The lowest BCUT2D eigenvalue weighted by molar-refractivity contribution is -0.125. The minimum atomic E-state index is -3.66. The van der Waals surface area contributed by atoms with E-state index < -0.39 is 9.05 Å². The van der Waals surface area contributed by atoms with Crippen LogP contribution >= 0.6 is 22.0 Å². The van der Waals surface area contributed by atoms with Gasteiger partial charge in [-0.3, -0.25) is 4.79 Å². The molecule has 2 aliphatic rings. The van der Waals surface area contributed by atoms with Gasteiger partial charge in [-0.05, 0) is 43.2 Å². The van der Waals surface area contributed by atoms with Gasteiger partial charge in [0.1, 0.15) is 4.21 Å². The standard InChI is InChI=1S/C12H14ClNO3S2/c13-19(16,17)11-2-1-10(18-11)6-14-12(15)9-4-7-3-8(7)5-9/h1-2,7-9H,3-6H2,(H,14,15). The third-order valence-electron chi connectivity index (χ3n) is 3.93. The van der Waals surface area contributed by atoms with Crippen molar-refractivity contribution in [1.29, 1.82) is 0 Å². The molecule has 2 fully saturated rings. The maximum Gasteiger partial charge on any atom is 0.270 e. The number of rotatable bonds is 4. The highest BCUT2D eigenvalue weighted by Gasteiger charge is 2.47. The second-order valence-electron chi connectivity index (χ2n) is 5.30. The highest BCUT2D eigenvalue weighted by molar-refractivity contribution is 8.15. The van der Waals surface area contributed by atoms with E-state index >= 15 is 0 Å². The van der Waals surface area contributed by atoms with Gasteiger partial charge >= 0.3 is 0 Å². The van der Waals surface area contributed by atoms with Crippen LogP contribution in [-0.2, 0) is 20.4 Å². The van der Waals surface area contributed by atoms with Crippen molar-refractivity contribution in [2.24, 2.45) is 17.8 Å². The molecule has 0 aliphatic heterocycles. The van der Waals surface area contributed by atoms with Crippen molar-refractivity contribution in [1.82, 2.24) is 5.32 Å². The largest absolute Gasteiger partial charge is 0.351 e. The van der Waals surface area contributed by atoms with E-state index in [0.717, 1.165) is 40.9 Å². The molecule has 1 amide bonds.